The van der Waals surface area contributed by atoms with Crippen molar-refractivity contribution < 1.29 is 5.11 Å². The van der Waals surface area contributed by atoms with Crippen molar-refractivity contribution in [1.29, 1.82) is 0 Å². The Balaban J connectivity index is 1.95. The Labute approximate surface area is 122 Å². The Morgan fingerprint density at radius 2 is 2.05 bits per heavy atom. The van der Waals surface area contributed by atoms with Gasteiger partial charge >= 0.3 is 0 Å². The molecule has 0 spiro atoms. The predicted octanol–water partition coefficient (Wildman–Crippen LogP) is 2.83. The van der Waals surface area contributed by atoms with Crippen LogP contribution in [0, 0.1) is 0 Å². The van der Waals surface area contributed by atoms with Crippen LogP contribution in [0.3, 0.4) is 0 Å². The molecular weight excluding hydrogens is 248 g/mol. The maximum absolute atomic E-state index is 10.4. The summed E-state index contributed by atoms with van der Waals surface area (Å²) in [4.78, 5) is 2.48. The molecule has 0 radical (unpaired) electrons. The molecular formula is C17H28N2O. The monoisotopic (exact) mass is 276 g/mol. The summed E-state index contributed by atoms with van der Waals surface area (Å²) < 4.78 is 0. The first-order chi connectivity index (χ1) is 9.74. The second-order valence-electron chi connectivity index (χ2n) is 5.89. The van der Waals surface area contributed by atoms with Crippen LogP contribution in [-0.2, 0) is 6.54 Å². The quantitative estimate of drug-likeness (QED) is 0.840. The van der Waals surface area contributed by atoms with Crippen LogP contribution >= 0.6 is 0 Å². The molecule has 2 unspecified atom stereocenters. The molecule has 1 heterocycles. The third-order valence-electron chi connectivity index (χ3n) is 4.38. The Hall–Kier alpha value is -0.900. The van der Waals surface area contributed by atoms with Crippen molar-refractivity contribution in [2.75, 3.05) is 13.1 Å². The summed E-state index contributed by atoms with van der Waals surface area (Å²) in [5, 5.41) is 10.4. The van der Waals surface area contributed by atoms with E-state index in [2.05, 4.69) is 11.8 Å². The number of aliphatic hydroxyl groups excluding tert-OH is 1. The van der Waals surface area contributed by atoms with Crippen molar-refractivity contribution in [3.8, 4) is 0 Å². The molecule has 20 heavy (non-hydrogen) atoms. The molecule has 0 bridgehead atoms. The number of aliphatic hydroxyl groups is 1. The van der Waals surface area contributed by atoms with Crippen LogP contribution < -0.4 is 5.73 Å². The van der Waals surface area contributed by atoms with Crippen molar-refractivity contribution in [1.82, 2.24) is 4.90 Å². The highest BCUT2D eigenvalue weighted by molar-refractivity contribution is 5.24. The molecule has 1 aliphatic rings. The van der Waals surface area contributed by atoms with Crippen molar-refractivity contribution in [2.45, 2.75) is 57.7 Å². The van der Waals surface area contributed by atoms with Gasteiger partial charge in [-0.1, -0.05) is 44.0 Å². The number of piperidine rings is 1. The molecule has 0 aromatic heterocycles. The lowest BCUT2D eigenvalue weighted by Crippen LogP contribution is -2.41. The van der Waals surface area contributed by atoms with E-state index in [1.54, 1.807) is 0 Å². The van der Waals surface area contributed by atoms with Crippen LogP contribution in [0.4, 0.5) is 0 Å². The number of rotatable bonds is 6. The van der Waals surface area contributed by atoms with E-state index < -0.39 is 0 Å². The van der Waals surface area contributed by atoms with Gasteiger partial charge in [0.1, 0.15) is 0 Å². The van der Waals surface area contributed by atoms with Crippen molar-refractivity contribution in [3.05, 3.63) is 35.4 Å². The zero-order valence-corrected chi connectivity index (χ0v) is 12.6. The lowest BCUT2D eigenvalue weighted by atomic mass is 9.97. The zero-order chi connectivity index (χ0) is 14.4. The van der Waals surface area contributed by atoms with E-state index in [0.29, 0.717) is 12.6 Å². The molecule has 1 aliphatic heterocycles. The van der Waals surface area contributed by atoms with Crippen LogP contribution in [0.1, 0.15) is 56.3 Å². The molecule has 3 N–H and O–H groups in total. The number of nitrogens with two attached hydrogens (primary N) is 1. The minimum absolute atomic E-state index is 0.390. The first kappa shape index (κ1) is 15.5. The molecule has 3 nitrogen and oxygen atoms in total. The second kappa shape index (κ2) is 7.77. The Morgan fingerprint density at radius 3 is 2.70 bits per heavy atom. The minimum Gasteiger partial charge on any atom is -0.387 e. The van der Waals surface area contributed by atoms with Gasteiger partial charge < -0.3 is 10.8 Å². The standard InChI is InChI=1S/C17H28N2O/c1-2-5-16-6-3-4-11-19(16)13-17(20)15-9-7-14(12-18)8-10-15/h7-10,16-17,20H,2-6,11-13,18H2,1H3. The number of benzene rings is 1. The third-order valence-corrected chi connectivity index (χ3v) is 4.38. The van der Waals surface area contributed by atoms with Crippen LogP contribution in [0.25, 0.3) is 0 Å². The van der Waals surface area contributed by atoms with Crippen molar-refractivity contribution in [3.63, 3.8) is 0 Å². The average molecular weight is 276 g/mol. The molecule has 0 aliphatic carbocycles. The largest absolute Gasteiger partial charge is 0.387 e. The third kappa shape index (κ3) is 4.05. The van der Waals surface area contributed by atoms with E-state index in [1.165, 1.54) is 32.1 Å². The topological polar surface area (TPSA) is 49.5 Å². The van der Waals surface area contributed by atoms with Gasteiger partial charge in [0.15, 0.2) is 0 Å². The SMILES string of the molecule is CCCC1CCCCN1CC(O)c1ccc(CN)cc1. The average Bonchev–Trinajstić information content (AvgIpc) is 2.49. The molecule has 0 amide bonds. The van der Waals surface area contributed by atoms with Gasteiger partial charge in [0.25, 0.3) is 0 Å². The number of nitrogens with zero attached hydrogens (tertiary/aromatic N) is 1. The number of likely N-dealkylation sites (tertiary alicyclic amines) is 1. The van der Waals surface area contributed by atoms with Crippen LogP contribution in [-0.4, -0.2) is 29.1 Å². The summed E-state index contributed by atoms with van der Waals surface area (Å²) in [5.74, 6) is 0. The molecule has 1 aromatic rings. The fraction of sp³-hybridized carbons (Fsp3) is 0.647. The van der Waals surface area contributed by atoms with E-state index in [0.717, 1.165) is 24.2 Å². The lowest BCUT2D eigenvalue weighted by molar-refractivity contribution is 0.0635. The normalized spacial score (nSPS) is 21.9. The molecule has 2 atom stereocenters. The van der Waals surface area contributed by atoms with Crippen LogP contribution in [0.5, 0.6) is 0 Å². The summed E-state index contributed by atoms with van der Waals surface area (Å²) in [6.07, 6.45) is 5.97. The fourth-order valence-electron chi connectivity index (χ4n) is 3.16. The zero-order valence-electron chi connectivity index (χ0n) is 12.6. The number of hydrogen-bond donors (Lipinski definition) is 2. The molecule has 112 valence electrons. The van der Waals surface area contributed by atoms with Gasteiger partial charge in [-0.05, 0) is 36.9 Å². The van der Waals surface area contributed by atoms with E-state index >= 15 is 0 Å². The van der Waals surface area contributed by atoms with Gasteiger partial charge in [-0.15, -0.1) is 0 Å². The van der Waals surface area contributed by atoms with Crippen LogP contribution in [0.15, 0.2) is 24.3 Å². The van der Waals surface area contributed by atoms with E-state index in [4.69, 9.17) is 5.73 Å². The van der Waals surface area contributed by atoms with Crippen LogP contribution in [0.2, 0.25) is 0 Å². The molecule has 0 saturated carbocycles. The summed E-state index contributed by atoms with van der Waals surface area (Å²) in [7, 11) is 0. The van der Waals surface area contributed by atoms with Crippen molar-refractivity contribution >= 4 is 0 Å². The highest BCUT2D eigenvalue weighted by Crippen LogP contribution is 2.24. The van der Waals surface area contributed by atoms with Crippen molar-refractivity contribution in [2.24, 2.45) is 5.73 Å². The minimum atomic E-state index is -0.390. The maximum atomic E-state index is 10.4. The Bertz CT molecular complexity index is 388. The maximum Gasteiger partial charge on any atom is 0.0917 e. The van der Waals surface area contributed by atoms with Gasteiger partial charge in [-0.25, -0.2) is 0 Å². The Kier molecular flexibility index (Phi) is 6.02. The molecule has 3 heteroatoms. The van der Waals surface area contributed by atoms with E-state index in [9.17, 15) is 5.11 Å². The lowest BCUT2D eigenvalue weighted by Gasteiger charge is -2.37. The van der Waals surface area contributed by atoms with E-state index in [-0.39, 0.29) is 6.10 Å². The first-order valence-corrected chi connectivity index (χ1v) is 7.95. The molecule has 1 fully saturated rings. The highest BCUT2D eigenvalue weighted by Gasteiger charge is 2.23. The molecule has 1 saturated heterocycles. The summed E-state index contributed by atoms with van der Waals surface area (Å²) >= 11 is 0. The van der Waals surface area contributed by atoms with Gasteiger partial charge in [0.05, 0.1) is 6.10 Å². The summed E-state index contributed by atoms with van der Waals surface area (Å²) in [6, 6.07) is 8.69. The van der Waals surface area contributed by atoms with Gasteiger partial charge in [-0.3, -0.25) is 4.90 Å². The fourth-order valence-corrected chi connectivity index (χ4v) is 3.16. The van der Waals surface area contributed by atoms with Gasteiger partial charge in [0.2, 0.25) is 0 Å². The Morgan fingerprint density at radius 1 is 1.30 bits per heavy atom. The predicted molar refractivity (Wildman–Crippen MR) is 83.4 cm³/mol. The first-order valence-electron chi connectivity index (χ1n) is 7.95. The van der Waals surface area contributed by atoms with Gasteiger partial charge in [-0.2, -0.15) is 0 Å². The molecule has 1 aromatic carbocycles. The smallest absolute Gasteiger partial charge is 0.0917 e. The number of hydrogen-bond acceptors (Lipinski definition) is 3. The summed E-state index contributed by atoms with van der Waals surface area (Å²) in [6.45, 7) is 4.69. The summed E-state index contributed by atoms with van der Waals surface area (Å²) in [5.41, 5.74) is 7.72. The van der Waals surface area contributed by atoms with Gasteiger partial charge in [0, 0.05) is 19.1 Å². The number of β-amino-alcohol motifs (C(OH)–C–C–N with tert-alkyl or cyclic N) is 1. The second-order valence-corrected chi connectivity index (χ2v) is 5.89. The highest BCUT2D eigenvalue weighted by atomic mass is 16.3. The van der Waals surface area contributed by atoms with E-state index in [1.807, 2.05) is 24.3 Å². The molecule has 2 rings (SSSR count).